The molecule has 72 valence electrons. The van der Waals surface area contributed by atoms with Crippen LogP contribution >= 0.6 is 11.3 Å². The average Bonchev–Trinajstić information content (AvgIpc) is 2.62. The van der Waals surface area contributed by atoms with E-state index in [1.807, 2.05) is 0 Å². The van der Waals surface area contributed by atoms with Crippen molar-refractivity contribution in [3.05, 3.63) is 16.1 Å². The van der Waals surface area contributed by atoms with Gasteiger partial charge in [-0.3, -0.25) is 0 Å². The maximum absolute atomic E-state index is 5.87. The van der Waals surface area contributed by atoms with Gasteiger partial charge in [-0.15, -0.1) is 11.3 Å². The summed E-state index contributed by atoms with van der Waals surface area (Å²) in [5.74, 6) is 0.792. The zero-order chi connectivity index (χ0) is 9.26. The first-order chi connectivity index (χ1) is 6.24. The Bertz CT molecular complexity index is 282. The van der Waals surface area contributed by atoms with Crippen LogP contribution in [0.25, 0.3) is 0 Å². The van der Waals surface area contributed by atoms with E-state index in [4.69, 9.17) is 5.73 Å². The summed E-state index contributed by atoms with van der Waals surface area (Å²) < 4.78 is 0. The molecule has 0 bridgehead atoms. The van der Waals surface area contributed by atoms with Gasteiger partial charge in [-0.05, 0) is 32.1 Å². The van der Waals surface area contributed by atoms with Crippen molar-refractivity contribution < 1.29 is 0 Å². The number of rotatable bonds is 2. The van der Waals surface area contributed by atoms with E-state index in [1.54, 1.807) is 11.3 Å². The van der Waals surface area contributed by atoms with E-state index in [-0.39, 0.29) is 0 Å². The first-order valence-corrected chi connectivity index (χ1v) is 5.78. The molecule has 1 aliphatic carbocycles. The van der Waals surface area contributed by atoms with Gasteiger partial charge >= 0.3 is 0 Å². The van der Waals surface area contributed by atoms with E-state index in [0.717, 1.165) is 18.0 Å². The second kappa shape index (κ2) is 3.76. The Morgan fingerprint density at radius 2 is 2.46 bits per heavy atom. The molecule has 2 N–H and O–H groups in total. The zero-order valence-corrected chi connectivity index (χ0v) is 8.81. The van der Waals surface area contributed by atoms with E-state index in [1.165, 1.54) is 24.3 Å². The van der Waals surface area contributed by atoms with Crippen LogP contribution in [0.2, 0.25) is 0 Å². The summed E-state index contributed by atoms with van der Waals surface area (Å²) in [5.41, 5.74) is 7.02. The van der Waals surface area contributed by atoms with Crippen molar-refractivity contribution in [1.82, 2.24) is 4.98 Å². The molecule has 3 heteroatoms. The molecule has 2 atom stereocenters. The van der Waals surface area contributed by atoms with Crippen LogP contribution in [0.3, 0.4) is 0 Å². The van der Waals surface area contributed by atoms with Crippen molar-refractivity contribution in [3.8, 4) is 0 Å². The topological polar surface area (TPSA) is 38.9 Å². The van der Waals surface area contributed by atoms with Crippen molar-refractivity contribution in [2.75, 3.05) is 0 Å². The van der Waals surface area contributed by atoms with Gasteiger partial charge in [0.25, 0.3) is 0 Å². The second-order valence-corrected chi connectivity index (χ2v) is 4.97. The van der Waals surface area contributed by atoms with Gasteiger partial charge in [0, 0.05) is 23.5 Å². The smallest absolute Gasteiger partial charge is 0.0930 e. The highest BCUT2D eigenvalue weighted by molar-refractivity contribution is 7.09. The Balaban J connectivity index is 1.91. The van der Waals surface area contributed by atoms with Gasteiger partial charge in [-0.25, -0.2) is 4.98 Å². The summed E-state index contributed by atoms with van der Waals surface area (Å²) >= 11 is 1.79. The van der Waals surface area contributed by atoms with E-state index in [9.17, 15) is 0 Å². The first kappa shape index (κ1) is 9.16. The lowest BCUT2D eigenvalue weighted by Gasteiger charge is -2.05. The Labute approximate surface area is 83.2 Å². The molecule has 0 radical (unpaired) electrons. The van der Waals surface area contributed by atoms with Crippen LogP contribution in [0.4, 0.5) is 0 Å². The molecule has 2 nitrogen and oxygen atoms in total. The van der Waals surface area contributed by atoms with E-state index < -0.39 is 0 Å². The zero-order valence-electron chi connectivity index (χ0n) is 7.99. The van der Waals surface area contributed by atoms with E-state index >= 15 is 0 Å². The lowest BCUT2D eigenvalue weighted by Crippen LogP contribution is -2.15. The summed E-state index contributed by atoms with van der Waals surface area (Å²) in [6, 6.07) is 0.450. The number of nitrogens with two attached hydrogens (primary N) is 1. The van der Waals surface area contributed by atoms with Crippen molar-refractivity contribution in [1.29, 1.82) is 0 Å². The molecule has 0 spiro atoms. The minimum atomic E-state index is 0.450. The van der Waals surface area contributed by atoms with Crippen molar-refractivity contribution >= 4 is 11.3 Å². The predicted octanol–water partition coefficient (Wildman–Crippen LogP) is 2.12. The molecule has 1 aromatic heterocycles. The lowest BCUT2D eigenvalue weighted by molar-refractivity contribution is 0.533. The molecule has 1 saturated carbocycles. The lowest BCUT2D eigenvalue weighted by atomic mass is 10.0. The molecule has 1 aliphatic rings. The predicted molar refractivity (Wildman–Crippen MR) is 55.9 cm³/mol. The SMILES string of the molecule is Cc1csc(CC2CCC(N)C2)n1. The van der Waals surface area contributed by atoms with Crippen LogP contribution in [0.1, 0.15) is 30.0 Å². The molecule has 0 saturated heterocycles. The monoisotopic (exact) mass is 196 g/mol. The fourth-order valence-electron chi connectivity index (χ4n) is 2.04. The van der Waals surface area contributed by atoms with Crippen molar-refractivity contribution in [3.63, 3.8) is 0 Å². The van der Waals surface area contributed by atoms with Crippen LogP contribution < -0.4 is 5.73 Å². The maximum Gasteiger partial charge on any atom is 0.0930 e. The van der Waals surface area contributed by atoms with Crippen molar-refractivity contribution in [2.24, 2.45) is 11.7 Å². The number of hydrogen-bond donors (Lipinski definition) is 1. The normalized spacial score (nSPS) is 28.2. The third-order valence-electron chi connectivity index (χ3n) is 2.71. The van der Waals surface area contributed by atoms with Gasteiger partial charge in [0.2, 0.25) is 0 Å². The van der Waals surface area contributed by atoms with Gasteiger partial charge in [0.1, 0.15) is 0 Å². The van der Waals surface area contributed by atoms with Crippen LogP contribution in [0.5, 0.6) is 0 Å². The van der Waals surface area contributed by atoms with Crippen LogP contribution in [0, 0.1) is 12.8 Å². The van der Waals surface area contributed by atoms with Gasteiger partial charge in [-0.2, -0.15) is 0 Å². The highest BCUT2D eigenvalue weighted by Crippen LogP contribution is 2.28. The third-order valence-corrected chi connectivity index (χ3v) is 3.70. The number of hydrogen-bond acceptors (Lipinski definition) is 3. The Hall–Kier alpha value is -0.410. The molecule has 1 aromatic rings. The van der Waals surface area contributed by atoms with Crippen molar-refractivity contribution in [2.45, 2.75) is 38.6 Å². The van der Waals surface area contributed by atoms with Gasteiger partial charge < -0.3 is 5.73 Å². The van der Waals surface area contributed by atoms with E-state index in [0.29, 0.717) is 6.04 Å². The molecule has 0 aromatic carbocycles. The molecule has 0 aliphatic heterocycles. The maximum atomic E-state index is 5.87. The quantitative estimate of drug-likeness (QED) is 0.787. The molecule has 1 heterocycles. The Kier molecular flexibility index (Phi) is 2.65. The minimum absolute atomic E-state index is 0.450. The largest absolute Gasteiger partial charge is 0.328 e. The summed E-state index contributed by atoms with van der Waals surface area (Å²) in [5, 5.41) is 3.42. The standard InChI is InChI=1S/C10H16N2S/c1-7-6-13-10(12-7)5-8-2-3-9(11)4-8/h6,8-9H,2-5,11H2,1H3. The Morgan fingerprint density at radius 3 is 3.00 bits per heavy atom. The van der Waals surface area contributed by atoms with Gasteiger partial charge in [0.15, 0.2) is 0 Å². The van der Waals surface area contributed by atoms with Crippen LogP contribution in [-0.2, 0) is 6.42 Å². The molecule has 13 heavy (non-hydrogen) atoms. The molecule has 2 unspecified atom stereocenters. The fourth-order valence-corrected chi connectivity index (χ4v) is 2.93. The molecule has 2 rings (SSSR count). The van der Waals surface area contributed by atoms with Crippen LogP contribution in [-0.4, -0.2) is 11.0 Å². The summed E-state index contributed by atoms with van der Waals surface area (Å²) in [6.07, 6.45) is 4.83. The molecular formula is C10H16N2S. The first-order valence-electron chi connectivity index (χ1n) is 4.90. The highest BCUT2D eigenvalue weighted by atomic mass is 32.1. The molecule has 0 amide bonds. The van der Waals surface area contributed by atoms with E-state index in [2.05, 4.69) is 17.3 Å². The fraction of sp³-hybridized carbons (Fsp3) is 0.700. The number of nitrogens with zero attached hydrogens (tertiary/aromatic N) is 1. The summed E-state index contributed by atoms with van der Waals surface area (Å²) in [6.45, 7) is 2.06. The second-order valence-electron chi connectivity index (χ2n) is 4.03. The Morgan fingerprint density at radius 1 is 1.62 bits per heavy atom. The highest BCUT2D eigenvalue weighted by Gasteiger charge is 2.22. The van der Waals surface area contributed by atoms with Gasteiger partial charge in [0.05, 0.1) is 5.01 Å². The summed E-state index contributed by atoms with van der Waals surface area (Å²) in [7, 11) is 0. The molecule has 1 fully saturated rings. The number of aryl methyl sites for hydroxylation is 1. The van der Waals surface area contributed by atoms with Gasteiger partial charge in [-0.1, -0.05) is 0 Å². The third kappa shape index (κ3) is 2.29. The molecular weight excluding hydrogens is 180 g/mol. The summed E-state index contributed by atoms with van der Waals surface area (Å²) in [4.78, 5) is 4.48. The van der Waals surface area contributed by atoms with Crippen LogP contribution in [0.15, 0.2) is 5.38 Å². The number of thiazole rings is 1. The minimum Gasteiger partial charge on any atom is -0.328 e. The number of aromatic nitrogens is 1. The average molecular weight is 196 g/mol.